The van der Waals surface area contributed by atoms with Crippen LogP contribution in [0.3, 0.4) is 0 Å². The van der Waals surface area contributed by atoms with Crippen LogP contribution in [0.5, 0.6) is 0 Å². The van der Waals surface area contributed by atoms with Gasteiger partial charge in [-0.3, -0.25) is 0 Å². The van der Waals surface area contributed by atoms with Crippen LogP contribution in [0.15, 0.2) is 24.4 Å². The molecule has 1 heterocycles. The third kappa shape index (κ3) is 1.83. The number of imidazole rings is 1. The molecule has 2 aromatic rings. The number of aromatic amines is 1. The molecule has 88 valence electrons. The molecule has 1 saturated carbocycles. The molecule has 0 saturated heterocycles. The summed E-state index contributed by atoms with van der Waals surface area (Å²) in [6, 6.07) is 4.58. The molecule has 1 aromatic carbocycles. The Hall–Kier alpha value is -1.39. The van der Waals surface area contributed by atoms with Crippen molar-refractivity contribution in [1.29, 1.82) is 0 Å². The van der Waals surface area contributed by atoms with Gasteiger partial charge in [-0.2, -0.15) is 0 Å². The highest BCUT2D eigenvalue weighted by Crippen LogP contribution is 2.41. The van der Waals surface area contributed by atoms with Crippen LogP contribution in [0, 0.1) is 5.82 Å². The van der Waals surface area contributed by atoms with Crippen LogP contribution >= 0.6 is 11.6 Å². The quantitative estimate of drug-likeness (QED) is 0.862. The van der Waals surface area contributed by atoms with E-state index in [0.29, 0.717) is 0 Å². The number of H-pyrrole nitrogens is 1. The molecule has 0 unspecified atom stereocenters. The highest BCUT2D eigenvalue weighted by Gasteiger charge is 2.42. The van der Waals surface area contributed by atoms with Gasteiger partial charge in [0.1, 0.15) is 11.6 Å². The van der Waals surface area contributed by atoms with Crippen LogP contribution < -0.4 is 5.73 Å². The van der Waals surface area contributed by atoms with Crippen LogP contribution in [0.2, 0.25) is 5.02 Å². The van der Waals surface area contributed by atoms with Crippen molar-refractivity contribution in [2.75, 3.05) is 0 Å². The van der Waals surface area contributed by atoms with Gasteiger partial charge in [-0.05, 0) is 31.0 Å². The first-order valence-electron chi connectivity index (χ1n) is 5.38. The summed E-state index contributed by atoms with van der Waals surface area (Å²) in [6.45, 7) is 0. The predicted molar refractivity (Wildman–Crippen MR) is 64.1 cm³/mol. The van der Waals surface area contributed by atoms with E-state index in [9.17, 15) is 4.39 Å². The molecule has 0 radical (unpaired) electrons. The molecule has 3 nitrogen and oxygen atoms in total. The Bertz CT molecular complexity index is 575. The van der Waals surface area contributed by atoms with Gasteiger partial charge >= 0.3 is 0 Å². The first kappa shape index (κ1) is 10.7. The van der Waals surface area contributed by atoms with Crippen molar-refractivity contribution in [3.05, 3.63) is 41.1 Å². The van der Waals surface area contributed by atoms with E-state index in [-0.39, 0.29) is 10.6 Å². The number of benzene rings is 1. The summed E-state index contributed by atoms with van der Waals surface area (Å²) in [7, 11) is 0. The van der Waals surface area contributed by atoms with E-state index in [0.717, 1.165) is 29.9 Å². The molecule has 1 aromatic heterocycles. The van der Waals surface area contributed by atoms with E-state index in [1.165, 1.54) is 6.07 Å². The van der Waals surface area contributed by atoms with Crippen molar-refractivity contribution >= 4 is 11.6 Å². The summed E-state index contributed by atoms with van der Waals surface area (Å²) in [4.78, 5) is 7.42. The summed E-state index contributed by atoms with van der Waals surface area (Å²) < 4.78 is 13.0. The maximum absolute atomic E-state index is 13.0. The highest BCUT2D eigenvalue weighted by molar-refractivity contribution is 6.31. The van der Waals surface area contributed by atoms with Gasteiger partial charge in [0.15, 0.2) is 0 Å². The van der Waals surface area contributed by atoms with Gasteiger partial charge in [0.05, 0.1) is 22.5 Å². The third-order valence-electron chi connectivity index (χ3n) is 3.07. The number of halogens is 2. The van der Waals surface area contributed by atoms with Gasteiger partial charge in [0.25, 0.3) is 0 Å². The largest absolute Gasteiger partial charge is 0.340 e. The number of hydrogen-bond donors (Lipinski definition) is 2. The molecule has 0 amide bonds. The Morgan fingerprint density at radius 2 is 2.18 bits per heavy atom. The number of rotatable bonds is 2. The second kappa shape index (κ2) is 3.55. The zero-order valence-electron chi connectivity index (χ0n) is 9.00. The number of nitrogens with one attached hydrogen (secondary N) is 1. The summed E-state index contributed by atoms with van der Waals surface area (Å²) in [6.07, 6.45) is 3.60. The van der Waals surface area contributed by atoms with Crippen LogP contribution in [-0.4, -0.2) is 9.97 Å². The maximum atomic E-state index is 13.0. The maximum Gasteiger partial charge on any atom is 0.141 e. The summed E-state index contributed by atoms with van der Waals surface area (Å²) in [5.41, 5.74) is 7.35. The van der Waals surface area contributed by atoms with Crippen molar-refractivity contribution in [1.82, 2.24) is 9.97 Å². The van der Waals surface area contributed by atoms with Crippen LogP contribution in [0.4, 0.5) is 4.39 Å². The fourth-order valence-corrected chi connectivity index (χ4v) is 1.94. The van der Waals surface area contributed by atoms with Crippen molar-refractivity contribution in [3.63, 3.8) is 0 Å². The molecule has 0 aliphatic heterocycles. The van der Waals surface area contributed by atoms with E-state index < -0.39 is 5.82 Å². The SMILES string of the molecule is NC1(c2ncc(-c3ccc(F)c(Cl)c3)[nH]2)CC1. The smallest absolute Gasteiger partial charge is 0.141 e. The molecule has 0 bridgehead atoms. The van der Waals surface area contributed by atoms with Gasteiger partial charge in [-0.25, -0.2) is 9.37 Å². The van der Waals surface area contributed by atoms with Gasteiger partial charge in [-0.15, -0.1) is 0 Å². The van der Waals surface area contributed by atoms with Crippen LogP contribution in [0.25, 0.3) is 11.3 Å². The van der Waals surface area contributed by atoms with E-state index in [1.54, 1.807) is 18.3 Å². The lowest BCUT2D eigenvalue weighted by molar-refractivity contribution is 0.628. The molecule has 1 fully saturated rings. The van der Waals surface area contributed by atoms with E-state index in [1.807, 2.05) is 0 Å². The van der Waals surface area contributed by atoms with Crippen molar-refractivity contribution in [3.8, 4) is 11.3 Å². The molecule has 3 rings (SSSR count). The Morgan fingerprint density at radius 1 is 1.41 bits per heavy atom. The standard InChI is InChI=1S/C12H11ClFN3/c13-8-5-7(1-2-9(8)14)10-6-16-11(17-10)12(15)3-4-12/h1-2,5-6H,3-4,15H2,(H,16,17). The second-order valence-corrected chi connectivity index (χ2v) is 4.84. The minimum Gasteiger partial charge on any atom is -0.340 e. The highest BCUT2D eigenvalue weighted by atomic mass is 35.5. The molecule has 1 aliphatic carbocycles. The Kier molecular flexibility index (Phi) is 2.24. The first-order valence-corrected chi connectivity index (χ1v) is 5.76. The number of aromatic nitrogens is 2. The number of nitrogens with two attached hydrogens (primary N) is 1. The first-order chi connectivity index (χ1) is 8.08. The minimum atomic E-state index is -0.423. The van der Waals surface area contributed by atoms with Gasteiger partial charge in [0, 0.05) is 5.56 Å². The molecule has 5 heteroatoms. The fourth-order valence-electron chi connectivity index (χ4n) is 1.76. The monoisotopic (exact) mass is 251 g/mol. The summed E-state index contributed by atoms with van der Waals surface area (Å²) in [5, 5.41) is 0.104. The third-order valence-corrected chi connectivity index (χ3v) is 3.36. The molecular weight excluding hydrogens is 241 g/mol. The molecule has 17 heavy (non-hydrogen) atoms. The fraction of sp³-hybridized carbons (Fsp3) is 0.250. The molecule has 0 atom stereocenters. The minimum absolute atomic E-state index is 0.104. The Balaban J connectivity index is 1.98. The molecule has 1 aliphatic rings. The second-order valence-electron chi connectivity index (χ2n) is 4.43. The van der Waals surface area contributed by atoms with Gasteiger partial charge in [-0.1, -0.05) is 11.6 Å². The van der Waals surface area contributed by atoms with E-state index in [4.69, 9.17) is 17.3 Å². The molecular formula is C12H11ClFN3. The van der Waals surface area contributed by atoms with E-state index >= 15 is 0 Å². The normalized spacial score (nSPS) is 17.1. The zero-order chi connectivity index (χ0) is 12.0. The Labute approximate surface area is 103 Å². The number of hydrogen-bond acceptors (Lipinski definition) is 2. The van der Waals surface area contributed by atoms with Gasteiger partial charge < -0.3 is 10.7 Å². The van der Waals surface area contributed by atoms with Crippen LogP contribution in [-0.2, 0) is 5.54 Å². The summed E-state index contributed by atoms with van der Waals surface area (Å²) >= 11 is 5.74. The molecule has 0 spiro atoms. The number of nitrogens with zero attached hydrogens (tertiary/aromatic N) is 1. The van der Waals surface area contributed by atoms with Crippen molar-refractivity contribution in [2.24, 2.45) is 5.73 Å². The lowest BCUT2D eigenvalue weighted by atomic mass is 10.2. The molecule has 3 N–H and O–H groups in total. The van der Waals surface area contributed by atoms with Crippen LogP contribution in [0.1, 0.15) is 18.7 Å². The average molecular weight is 252 g/mol. The Morgan fingerprint density at radius 3 is 2.82 bits per heavy atom. The van der Waals surface area contributed by atoms with Crippen molar-refractivity contribution in [2.45, 2.75) is 18.4 Å². The van der Waals surface area contributed by atoms with Crippen molar-refractivity contribution < 1.29 is 4.39 Å². The lowest BCUT2D eigenvalue weighted by Crippen LogP contribution is -2.20. The van der Waals surface area contributed by atoms with E-state index in [2.05, 4.69) is 9.97 Å². The lowest BCUT2D eigenvalue weighted by Gasteiger charge is -2.03. The van der Waals surface area contributed by atoms with Gasteiger partial charge in [0.2, 0.25) is 0 Å². The summed E-state index contributed by atoms with van der Waals surface area (Å²) in [5.74, 6) is 0.362. The predicted octanol–water partition coefficient (Wildman–Crippen LogP) is 2.82. The topological polar surface area (TPSA) is 54.7 Å². The zero-order valence-corrected chi connectivity index (χ0v) is 9.76. The average Bonchev–Trinajstić information content (AvgIpc) is 2.88.